The van der Waals surface area contributed by atoms with Gasteiger partial charge in [-0.3, -0.25) is 0 Å². The van der Waals surface area contributed by atoms with Crippen LogP contribution in [0.15, 0.2) is 52.4 Å². The minimum absolute atomic E-state index is 0.0263. The standard InChI is InChI=1S/C18H16ClF3N2O3S/c1-11-3-4-12(9-15(11)19)16-23-17(25,18(20,21)22)10-24(16)13-5-7-14(8-6-13)28(2,26)27/h3-9,25H,10H2,1-2H3. The monoisotopic (exact) mass is 432 g/mol. The number of anilines is 1. The summed E-state index contributed by atoms with van der Waals surface area (Å²) in [6.45, 7) is 0.881. The molecule has 2 aromatic carbocycles. The molecule has 0 bridgehead atoms. The molecular weight excluding hydrogens is 417 g/mol. The Morgan fingerprint density at radius 3 is 2.29 bits per heavy atom. The van der Waals surface area contributed by atoms with E-state index >= 15 is 0 Å². The van der Waals surface area contributed by atoms with Crippen molar-refractivity contribution in [3.8, 4) is 0 Å². The summed E-state index contributed by atoms with van der Waals surface area (Å²) in [4.78, 5) is 4.76. The molecule has 2 aromatic rings. The number of hydrogen-bond donors (Lipinski definition) is 1. The first kappa shape index (κ1) is 20.6. The molecule has 0 saturated carbocycles. The van der Waals surface area contributed by atoms with E-state index in [0.29, 0.717) is 10.6 Å². The number of aliphatic hydroxyl groups is 1. The van der Waals surface area contributed by atoms with Gasteiger partial charge in [-0.2, -0.15) is 13.2 Å². The summed E-state index contributed by atoms with van der Waals surface area (Å²) in [7, 11) is -3.46. The van der Waals surface area contributed by atoms with Crippen LogP contribution in [0.1, 0.15) is 11.1 Å². The van der Waals surface area contributed by atoms with Gasteiger partial charge >= 0.3 is 6.18 Å². The van der Waals surface area contributed by atoms with Crippen LogP contribution in [0.3, 0.4) is 0 Å². The van der Waals surface area contributed by atoms with E-state index in [4.69, 9.17) is 11.6 Å². The van der Waals surface area contributed by atoms with Gasteiger partial charge in [-0.25, -0.2) is 13.4 Å². The second-order valence-electron chi connectivity index (χ2n) is 6.57. The van der Waals surface area contributed by atoms with Gasteiger partial charge in [-0.1, -0.05) is 23.7 Å². The number of nitrogens with zero attached hydrogens (tertiary/aromatic N) is 2. The lowest BCUT2D eigenvalue weighted by Gasteiger charge is -2.25. The molecule has 1 aliphatic heterocycles. The molecule has 0 aliphatic carbocycles. The van der Waals surface area contributed by atoms with E-state index in [-0.39, 0.29) is 16.4 Å². The van der Waals surface area contributed by atoms with E-state index in [2.05, 4.69) is 4.99 Å². The van der Waals surface area contributed by atoms with Gasteiger partial charge in [-0.05, 0) is 42.8 Å². The van der Waals surface area contributed by atoms with Gasteiger partial charge in [0.2, 0.25) is 0 Å². The van der Waals surface area contributed by atoms with E-state index in [0.717, 1.165) is 11.8 Å². The summed E-state index contributed by atoms with van der Waals surface area (Å²) < 4.78 is 63.4. The van der Waals surface area contributed by atoms with E-state index in [9.17, 15) is 26.7 Å². The van der Waals surface area contributed by atoms with Crippen molar-refractivity contribution in [2.24, 2.45) is 4.99 Å². The largest absolute Gasteiger partial charge is 0.440 e. The number of aliphatic imine (C=N–C) groups is 1. The maximum absolute atomic E-state index is 13.4. The third-order valence-electron chi connectivity index (χ3n) is 4.39. The van der Waals surface area contributed by atoms with E-state index in [1.54, 1.807) is 19.1 Å². The van der Waals surface area contributed by atoms with Gasteiger partial charge in [-0.15, -0.1) is 0 Å². The Balaban J connectivity index is 2.10. The first-order valence-corrected chi connectivity index (χ1v) is 10.3. The highest BCUT2D eigenvalue weighted by atomic mass is 35.5. The Bertz CT molecular complexity index is 1050. The van der Waals surface area contributed by atoms with Crippen molar-refractivity contribution in [3.05, 3.63) is 58.6 Å². The molecule has 3 rings (SSSR count). The SMILES string of the molecule is Cc1ccc(C2=NC(O)(C(F)(F)F)CN2c2ccc(S(C)(=O)=O)cc2)cc1Cl. The smallest absolute Gasteiger partial charge is 0.361 e. The molecule has 150 valence electrons. The molecule has 0 spiro atoms. The minimum atomic E-state index is -4.99. The van der Waals surface area contributed by atoms with Crippen molar-refractivity contribution < 1.29 is 26.7 Å². The average molecular weight is 433 g/mol. The molecule has 1 heterocycles. The molecule has 0 fully saturated rings. The lowest BCUT2D eigenvalue weighted by Crippen LogP contribution is -2.47. The van der Waals surface area contributed by atoms with E-state index in [1.807, 2.05) is 0 Å². The van der Waals surface area contributed by atoms with Crippen molar-refractivity contribution >= 4 is 33.0 Å². The first-order chi connectivity index (χ1) is 12.8. The van der Waals surface area contributed by atoms with Gasteiger partial charge in [0.1, 0.15) is 5.84 Å². The van der Waals surface area contributed by atoms with Crippen LogP contribution in [0.2, 0.25) is 5.02 Å². The van der Waals surface area contributed by atoms with Crippen LogP contribution in [0.5, 0.6) is 0 Å². The predicted octanol–water partition coefficient (Wildman–Crippen LogP) is 3.57. The number of rotatable bonds is 3. The quantitative estimate of drug-likeness (QED) is 0.805. The van der Waals surface area contributed by atoms with Crippen molar-refractivity contribution in [1.82, 2.24) is 0 Å². The third kappa shape index (κ3) is 3.74. The summed E-state index contributed by atoms with van der Waals surface area (Å²) >= 11 is 6.09. The Morgan fingerprint density at radius 2 is 1.79 bits per heavy atom. The second-order valence-corrected chi connectivity index (χ2v) is 8.99. The van der Waals surface area contributed by atoms with Gasteiger partial charge in [0.05, 0.1) is 11.4 Å². The summed E-state index contributed by atoms with van der Waals surface area (Å²) in [5.41, 5.74) is -2.01. The van der Waals surface area contributed by atoms with Gasteiger partial charge < -0.3 is 10.0 Å². The summed E-state index contributed by atoms with van der Waals surface area (Å²) in [6.07, 6.45) is -3.96. The Hall–Kier alpha value is -2.10. The lowest BCUT2D eigenvalue weighted by molar-refractivity contribution is -0.249. The molecular formula is C18H16ClF3N2O3S. The van der Waals surface area contributed by atoms with Crippen LogP contribution in [0.25, 0.3) is 0 Å². The van der Waals surface area contributed by atoms with Crippen LogP contribution >= 0.6 is 11.6 Å². The zero-order chi connectivity index (χ0) is 20.9. The molecule has 0 amide bonds. The van der Waals surface area contributed by atoms with Crippen LogP contribution in [0.4, 0.5) is 18.9 Å². The fourth-order valence-electron chi connectivity index (χ4n) is 2.76. The fraction of sp³-hybridized carbons (Fsp3) is 0.278. The Kier molecular flexibility index (Phi) is 4.97. The molecule has 0 saturated heterocycles. The lowest BCUT2D eigenvalue weighted by atomic mass is 10.1. The molecule has 0 aromatic heterocycles. The normalized spacial score (nSPS) is 20.4. The third-order valence-corrected chi connectivity index (χ3v) is 5.92. The zero-order valence-electron chi connectivity index (χ0n) is 14.8. The van der Waals surface area contributed by atoms with Crippen LogP contribution in [0, 0.1) is 6.92 Å². The maximum Gasteiger partial charge on any atom is 0.440 e. The fourth-order valence-corrected chi connectivity index (χ4v) is 3.57. The number of amidine groups is 1. The van der Waals surface area contributed by atoms with E-state index < -0.39 is 28.3 Å². The van der Waals surface area contributed by atoms with Gasteiger partial charge in [0, 0.05) is 22.5 Å². The highest BCUT2D eigenvalue weighted by Crippen LogP contribution is 2.39. The summed E-state index contributed by atoms with van der Waals surface area (Å²) in [6, 6.07) is 9.96. The molecule has 1 unspecified atom stereocenters. The molecule has 28 heavy (non-hydrogen) atoms. The molecule has 0 radical (unpaired) electrons. The van der Waals surface area contributed by atoms with Crippen molar-refractivity contribution in [2.45, 2.75) is 23.7 Å². The van der Waals surface area contributed by atoms with Crippen molar-refractivity contribution in [2.75, 3.05) is 17.7 Å². The maximum atomic E-state index is 13.4. The molecule has 10 heteroatoms. The zero-order valence-corrected chi connectivity index (χ0v) is 16.4. The van der Waals surface area contributed by atoms with Crippen molar-refractivity contribution in [3.63, 3.8) is 0 Å². The van der Waals surface area contributed by atoms with Crippen LogP contribution < -0.4 is 4.90 Å². The Morgan fingerprint density at radius 1 is 1.18 bits per heavy atom. The van der Waals surface area contributed by atoms with Crippen molar-refractivity contribution in [1.29, 1.82) is 0 Å². The summed E-state index contributed by atoms with van der Waals surface area (Å²) in [5.74, 6) is -0.117. The van der Waals surface area contributed by atoms with Gasteiger partial charge in [0.25, 0.3) is 5.72 Å². The Labute approximate surface area is 165 Å². The molecule has 1 atom stereocenters. The first-order valence-electron chi connectivity index (χ1n) is 8.05. The number of hydrogen-bond acceptors (Lipinski definition) is 5. The second kappa shape index (κ2) is 6.75. The highest BCUT2D eigenvalue weighted by Gasteiger charge is 2.58. The number of benzene rings is 2. The molecule has 1 aliphatic rings. The average Bonchev–Trinajstić information content (AvgIpc) is 2.96. The number of sulfone groups is 1. The minimum Gasteiger partial charge on any atom is -0.361 e. The topological polar surface area (TPSA) is 70.0 Å². The van der Waals surface area contributed by atoms with Crippen LogP contribution in [-0.2, 0) is 9.84 Å². The van der Waals surface area contributed by atoms with Crippen LogP contribution in [-0.4, -0.2) is 44.1 Å². The molecule has 5 nitrogen and oxygen atoms in total. The van der Waals surface area contributed by atoms with E-state index in [1.165, 1.54) is 35.2 Å². The molecule has 1 N–H and O–H groups in total. The number of β-amino-alcohol motifs (C(OH)–C–C–N with tert-alkyl or cyclic N) is 1. The number of aryl methyl sites for hydroxylation is 1. The number of halogens is 4. The van der Waals surface area contributed by atoms with Gasteiger partial charge in [0.15, 0.2) is 9.84 Å². The highest BCUT2D eigenvalue weighted by molar-refractivity contribution is 7.90. The summed E-state index contributed by atoms with van der Waals surface area (Å²) in [5, 5.41) is 10.5. The number of alkyl halides is 3. The predicted molar refractivity (Wildman–Crippen MR) is 101 cm³/mol.